The van der Waals surface area contributed by atoms with E-state index in [9.17, 15) is 0 Å². The Labute approximate surface area is 741 Å². The van der Waals surface area contributed by atoms with Crippen molar-refractivity contribution in [3.05, 3.63) is 505 Å². The second kappa shape index (κ2) is 29.1. The molecular weight excluding hydrogens is 1560 g/mol. The summed E-state index contributed by atoms with van der Waals surface area (Å²) < 4.78 is 6.41. The SMILES string of the molecule is CC1(C)c2ccccc2-c2ccc(N(c3ccc(-c4ccccc4)cc3)c3ccc(-c4ccc5c(c4)C4(c6ccccc6S5)c5ccccc5-c5c4ccc4ccccc54)cc3)cc21.c1ccc(-c2ccc(N(c3ccc(-c4ccc5c(c4)C4(c6ccccc6S5)c5ccccc5-c5c4ccc4ccccc54)cc3)c3ccc4c(c3)oc3ccccc34)cc2)cc1. The highest BCUT2D eigenvalue weighted by molar-refractivity contribution is 7.99. The minimum absolute atomic E-state index is 0.106. The fourth-order valence-electron chi connectivity index (χ4n) is 21.7. The highest BCUT2D eigenvalue weighted by Gasteiger charge is 2.53. The molecular formula is C121H80N2OS2. The van der Waals surface area contributed by atoms with Gasteiger partial charge in [-0.25, -0.2) is 0 Å². The van der Waals surface area contributed by atoms with E-state index < -0.39 is 10.8 Å². The molecule has 0 saturated heterocycles. The lowest BCUT2D eigenvalue weighted by Crippen LogP contribution is -2.32. The van der Waals surface area contributed by atoms with Crippen LogP contribution in [0.2, 0.25) is 0 Å². The number of benzene rings is 20. The van der Waals surface area contributed by atoms with E-state index in [4.69, 9.17) is 4.42 Å². The molecule has 0 fully saturated rings. The molecule has 0 bridgehead atoms. The van der Waals surface area contributed by atoms with Gasteiger partial charge in [0.25, 0.3) is 0 Å². The zero-order chi connectivity index (χ0) is 83.4. The van der Waals surface area contributed by atoms with Crippen molar-refractivity contribution >= 4 is 101 Å². The minimum atomic E-state index is -0.457. The first-order valence-corrected chi connectivity index (χ1v) is 45.2. The first-order chi connectivity index (χ1) is 62.2. The first-order valence-electron chi connectivity index (χ1n) is 43.6. The standard InChI is InChI=1S/C62H43NS.C59H37NOS/c1-61(2)52-20-10-8-18-49(52)50-35-34-47(39-56(50)61)63(45-30-24-41(25-31-45)40-14-4-3-5-15-40)46-32-26-42(27-33-46)44-29-37-59-57(38-44)62(54-22-12-13-23-58(54)64-59)53-21-11-9-19-51(53)60-48-17-7-6-16-43(48)28-36-55(60)62;1-2-12-38(13-3-1)39-22-28-43(29-23-39)60(45-32-33-48-47-16-7-10-20-54(47)61-55(48)37-45)44-30-24-40(25-31-44)42-27-35-57-53(36-42)59(51-19-9-11-21-56(51)62-57)50-18-8-6-17-49(50)58-46-15-5-4-14-41(46)26-34-52(58)59/h3-39H,1-2H3;1-37H. The Hall–Kier alpha value is -15.0. The maximum Gasteiger partial charge on any atom is 0.137 e. The van der Waals surface area contributed by atoms with Crippen LogP contribution in [0.3, 0.4) is 0 Å². The molecule has 20 aromatic carbocycles. The van der Waals surface area contributed by atoms with Crippen LogP contribution < -0.4 is 9.80 Å². The average Bonchev–Trinajstić information content (AvgIpc) is 1.51. The lowest BCUT2D eigenvalue weighted by atomic mass is 9.67. The molecule has 3 aliphatic carbocycles. The molecule has 2 unspecified atom stereocenters. The van der Waals surface area contributed by atoms with Crippen LogP contribution in [0.1, 0.15) is 69.5 Å². The van der Waals surface area contributed by atoms with Gasteiger partial charge in [-0.3, -0.25) is 0 Å². The van der Waals surface area contributed by atoms with Crippen LogP contribution in [-0.2, 0) is 16.2 Å². The van der Waals surface area contributed by atoms with E-state index >= 15 is 0 Å². The summed E-state index contributed by atoms with van der Waals surface area (Å²) in [6.45, 7) is 4.72. The Balaban J connectivity index is 0.000000137. The van der Waals surface area contributed by atoms with E-state index in [1.54, 1.807) is 0 Å². The van der Waals surface area contributed by atoms with Gasteiger partial charge < -0.3 is 14.2 Å². The molecule has 0 amide bonds. The third-order valence-corrected chi connectivity index (χ3v) is 29.8. The van der Waals surface area contributed by atoms with Gasteiger partial charge in [-0.2, -0.15) is 0 Å². The monoisotopic (exact) mass is 1640 g/mol. The molecule has 5 aliphatic rings. The Morgan fingerprint density at radius 1 is 0.198 bits per heavy atom. The average molecular weight is 1640 g/mol. The van der Waals surface area contributed by atoms with Crippen LogP contribution in [0.15, 0.2) is 473 Å². The van der Waals surface area contributed by atoms with Crippen LogP contribution in [0, 0.1) is 0 Å². The van der Waals surface area contributed by atoms with Crippen LogP contribution in [0.4, 0.5) is 34.1 Å². The summed E-state index contributed by atoms with van der Waals surface area (Å²) in [5.41, 5.74) is 38.5. The van der Waals surface area contributed by atoms with E-state index in [1.807, 2.05) is 35.7 Å². The Morgan fingerprint density at radius 3 is 1.03 bits per heavy atom. The maximum atomic E-state index is 6.41. The summed E-state index contributed by atoms with van der Waals surface area (Å²) in [5.74, 6) is 0. The number of fused-ring (bicyclic) bond motifs is 28. The van der Waals surface area contributed by atoms with Crippen molar-refractivity contribution in [2.24, 2.45) is 0 Å². The highest BCUT2D eigenvalue weighted by Crippen LogP contribution is 2.66. The lowest BCUT2D eigenvalue weighted by molar-refractivity contribution is 0.660. The van der Waals surface area contributed by atoms with Gasteiger partial charge >= 0.3 is 0 Å². The Morgan fingerprint density at radius 2 is 0.540 bits per heavy atom. The lowest BCUT2D eigenvalue weighted by Gasteiger charge is -2.40. The third-order valence-electron chi connectivity index (χ3n) is 27.5. The Bertz CT molecular complexity index is 7990. The van der Waals surface area contributed by atoms with E-state index in [0.717, 1.165) is 56.1 Å². The van der Waals surface area contributed by atoms with Gasteiger partial charge in [0.2, 0.25) is 0 Å². The van der Waals surface area contributed by atoms with Crippen molar-refractivity contribution in [2.45, 2.75) is 49.7 Å². The topological polar surface area (TPSA) is 19.6 Å². The Kier molecular flexibility index (Phi) is 17.0. The number of furan rings is 1. The molecule has 3 nitrogen and oxygen atoms in total. The van der Waals surface area contributed by atoms with Crippen molar-refractivity contribution < 1.29 is 4.42 Å². The summed E-state index contributed by atoms with van der Waals surface area (Å²) in [7, 11) is 0. The normalized spacial score (nSPS) is 15.3. The molecule has 126 heavy (non-hydrogen) atoms. The zero-order valence-corrected chi connectivity index (χ0v) is 71.0. The number of rotatable bonds is 10. The van der Waals surface area contributed by atoms with Gasteiger partial charge in [0.1, 0.15) is 11.2 Å². The summed E-state index contributed by atoms with van der Waals surface area (Å²) in [5, 5.41) is 7.40. The first kappa shape index (κ1) is 73.7. The van der Waals surface area contributed by atoms with E-state index in [2.05, 4.69) is 460 Å². The number of hydrogen-bond donors (Lipinski definition) is 0. The number of hydrogen-bond acceptors (Lipinski definition) is 5. The predicted molar refractivity (Wildman–Crippen MR) is 527 cm³/mol. The van der Waals surface area contributed by atoms with Crippen LogP contribution >= 0.6 is 23.5 Å². The summed E-state index contributed by atoms with van der Waals surface area (Å²) in [6, 6.07) is 166. The van der Waals surface area contributed by atoms with E-state index in [1.165, 1.54) is 175 Å². The van der Waals surface area contributed by atoms with E-state index in [-0.39, 0.29) is 5.41 Å². The van der Waals surface area contributed by atoms with Crippen molar-refractivity contribution in [1.82, 2.24) is 0 Å². The van der Waals surface area contributed by atoms with Gasteiger partial charge in [0.15, 0.2) is 0 Å². The molecule has 2 spiro atoms. The van der Waals surface area contributed by atoms with Crippen molar-refractivity contribution in [2.75, 3.05) is 9.80 Å². The summed E-state index contributed by atoms with van der Waals surface area (Å²) in [6.07, 6.45) is 0. The second-order valence-electron chi connectivity index (χ2n) is 34.4. The molecule has 2 atom stereocenters. The van der Waals surface area contributed by atoms with Crippen molar-refractivity contribution in [3.8, 4) is 77.9 Å². The molecule has 5 heteroatoms. The van der Waals surface area contributed by atoms with Crippen LogP contribution in [0.5, 0.6) is 0 Å². The van der Waals surface area contributed by atoms with Crippen LogP contribution in [0.25, 0.3) is 121 Å². The van der Waals surface area contributed by atoms with E-state index in [0.29, 0.717) is 0 Å². The molecule has 0 radical (unpaired) electrons. The zero-order valence-electron chi connectivity index (χ0n) is 69.3. The molecule has 3 heterocycles. The maximum absolute atomic E-state index is 6.41. The van der Waals surface area contributed by atoms with Crippen molar-refractivity contribution in [3.63, 3.8) is 0 Å². The largest absolute Gasteiger partial charge is 0.456 e. The number of para-hydroxylation sites is 1. The minimum Gasteiger partial charge on any atom is -0.456 e. The van der Waals surface area contributed by atoms with Gasteiger partial charge in [0, 0.05) is 76.0 Å². The summed E-state index contributed by atoms with van der Waals surface area (Å²) in [4.78, 5) is 9.98. The molecule has 592 valence electrons. The van der Waals surface area contributed by atoms with Crippen LogP contribution in [-0.4, -0.2) is 0 Å². The van der Waals surface area contributed by atoms with Gasteiger partial charge in [-0.1, -0.05) is 365 Å². The predicted octanol–water partition coefficient (Wildman–Crippen LogP) is 33.1. The highest BCUT2D eigenvalue weighted by atomic mass is 32.2. The summed E-state index contributed by atoms with van der Waals surface area (Å²) >= 11 is 3.79. The molecule has 0 N–H and O–H groups in total. The fraction of sp³-hybridized carbons (Fsp3) is 0.0413. The van der Waals surface area contributed by atoms with Gasteiger partial charge in [-0.15, -0.1) is 0 Å². The van der Waals surface area contributed by atoms with Gasteiger partial charge in [-0.05, 0) is 270 Å². The fourth-order valence-corrected chi connectivity index (χ4v) is 24.1. The molecule has 26 rings (SSSR count). The number of anilines is 6. The smallest absolute Gasteiger partial charge is 0.137 e. The second-order valence-corrected chi connectivity index (χ2v) is 36.6. The third kappa shape index (κ3) is 11.3. The quantitative estimate of drug-likeness (QED) is 0.136. The molecule has 2 aliphatic heterocycles. The molecule has 1 aromatic heterocycles. The van der Waals surface area contributed by atoms with Gasteiger partial charge in [0.05, 0.1) is 10.8 Å². The molecule has 0 saturated carbocycles. The number of nitrogens with zero attached hydrogens (tertiary/aromatic N) is 2. The molecule has 21 aromatic rings. The van der Waals surface area contributed by atoms with Crippen molar-refractivity contribution in [1.29, 1.82) is 0 Å².